The van der Waals surface area contributed by atoms with Crippen molar-refractivity contribution in [2.24, 2.45) is 0 Å². The molecule has 0 unspecified atom stereocenters. The molecule has 2 aromatic rings. The maximum absolute atomic E-state index is 13.4. The number of anilines is 1. The molecule has 0 radical (unpaired) electrons. The van der Waals surface area contributed by atoms with Gasteiger partial charge in [0, 0.05) is 37.2 Å². The third-order valence-corrected chi connectivity index (χ3v) is 6.07. The van der Waals surface area contributed by atoms with Crippen LogP contribution in [-0.2, 0) is 32.1 Å². The summed E-state index contributed by atoms with van der Waals surface area (Å²) in [6, 6.07) is 13.6. The monoisotopic (exact) mass is 522 g/mol. The van der Waals surface area contributed by atoms with E-state index in [-0.39, 0.29) is 37.7 Å². The lowest BCUT2D eigenvalue weighted by Crippen LogP contribution is -2.57. The smallest absolute Gasteiger partial charge is 0.426 e. The molecule has 11 nitrogen and oxygen atoms in total. The number of unbranched alkanes of at least 4 members (excludes halogenated alkanes) is 2. The van der Waals surface area contributed by atoms with E-state index in [1.165, 1.54) is 12.2 Å². The first-order valence-corrected chi connectivity index (χ1v) is 12.1. The summed E-state index contributed by atoms with van der Waals surface area (Å²) in [7, 11) is 0. The molecule has 0 aromatic heterocycles. The van der Waals surface area contributed by atoms with E-state index in [1.807, 2.05) is 0 Å². The minimum atomic E-state index is -1.48. The fourth-order valence-corrected chi connectivity index (χ4v) is 4.11. The molecule has 0 spiro atoms. The molecular formula is C27H30N4O7. The van der Waals surface area contributed by atoms with Crippen molar-refractivity contribution in [2.45, 2.75) is 44.7 Å². The van der Waals surface area contributed by atoms with E-state index in [0.29, 0.717) is 36.1 Å². The van der Waals surface area contributed by atoms with Crippen molar-refractivity contribution in [3.63, 3.8) is 0 Å². The van der Waals surface area contributed by atoms with E-state index in [9.17, 15) is 34.2 Å². The van der Waals surface area contributed by atoms with Crippen LogP contribution in [0.3, 0.4) is 0 Å². The third-order valence-electron chi connectivity index (χ3n) is 6.07. The number of nitrogens with zero attached hydrogens (tertiary/aromatic N) is 3. The fraction of sp³-hybridized carbons (Fsp3) is 0.296. The highest BCUT2D eigenvalue weighted by atomic mass is 16.4. The van der Waals surface area contributed by atoms with Crippen LogP contribution in [0.1, 0.15) is 36.8 Å². The van der Waals surface area contributed by atoms with Gasteiger partial charge in [0.05, 0.1) is 6.54 Å². The summed E-state index contributed by atoms with van der Waals surface area (Å²) in [6.07, 6.45) is 1.93. The summed E-state index contributed by atoms with van der Waals surface area (Å²) >= 11 is 0. The maximum atomic E-state index is 13.4. The number of nitrogen functional groups attached to an aromatic ring is 1. The number of amides is 4. The van der Waals surface area contributed by atoms with E-state index >= 15 is 0 Å². The lowest BCUT2D eigenvalue weighted by molar-refractivity contribution is -0.165. The second kappa shape index (κ2) is 13.0. The third kappa shape index (κ3) is 7.42. The van der Waals surface area contributed by atoms with Crippen LogP contribution in [0.2, 0.25) is 0 Å². The Bertz CT molecular complexity index is 1180. The number of rotatable bonds is 12. The van der Waals surface area contributed by atoms with Gasteiger partial charge in [0.2, 0.25) is 5.91 Å². The number of carboxylic acid groups (broad SMARTS) is 2. The van der Waals surface area contributed by atoms with Gasteiger partial charge in [0.1, 0.15) is 0 Å². The Labute approximate surface area is 219 Å². The highest BCUT2D eigenvalue weighted by Gasteiger charge is 2.37. The van der Waals surface area contributed by atoms with Crippen LogP contribution in [-0.4, -0.2) is 67.5 Å². The van der Waals surface area contributed by atoms with Gasteiger partial charge in [-0.1, -0.05) is 48.9 Å². The normalized spacial score (nSPS) is 13.4. The van der Waals surface area contributed by atoms with Gasteiger partial charge in [-0.15, -0.1) is 0 Å². The fourth-order valence-electron chi connectivity index (χ4n) is 4.11. The van der Waals surface area contributed by atoms with Gasteiger partial charge in [-0.2, -0.15) is 0 Å². The Morgan fingerprint density at radius 1 is 0.842 bits per heavy atom. The van der Waals surface area contributed by atoms with E-state index in [4.69, 9.17) is 5.73 Å². The first kappa shape index (κ1) is 27.9. The van der Waals surface area contributed by atoms with Gasteiger partial charge < -0.3 is 15.9 Å². The van der Waals surface area contributed by atoms with Crippen molar-refractivity contribution in [2.75, 3.05) is 12.3 Å². The zero-order chi connectivity index (χ0) is 27.7. The molecule has 0 aliphatic carbocycles. The number of carbonyl (C=O) groups excluding carboxylic acids is 3. The Kier molecular flexibility index (Phi) is 9.58. The second-order valence-corrected chi connectivity index (χ2v) is 8.84. The van der Waals surface area contributed by atoms with Gasteiger partial charge in [-0.05, 0) is 36.1 Å². The van der Waals surface area contributed by atoms with Gasteiger partial charge in [0.15, 0.2) is 6.04 Å². The van der Waals surface area contributed by atoms with Crippen LogP contribution in [0, 0.1) is 0 Å². The standard InChI is InChI=1S/C27H30N4O7/c28-21-12-10-20(11-13-21)18-30(27(37)38)31(22(26(35)36)17-19-7-3-1-4-8-19)25(34)9-5-2-6-16-29-23(32)14-15-24(29)33/h1,3-4,7-8,10-15,22H,2,5-6,9,16-18,28H2,(H,35,36)(H,37,38)/t22-/m0/s1. The molecule has 1 heterocycles. The molecule has 0 fully saturated rings. The van der Waals surface area contributed by atoms with Crippen LogP contribution in [0.25, 0.3) is 0 Å². The molecule has 0 bridgehead atoms. The molecule has 200 valence electrons. The molecule has 4 N–H and O–H groups in total. The predicted octanol–water partition coefficient (Wildman–Crippen LogP) is 2.67. The molecule has 4 amide bonds. The molecule has 2 aromatic carbocycles. The maximum Gasteiger partial charge on any atom is 0.426 e. The first-order chi connectivity index (χ1) is 18.2. The van der Waals surface area contributed by atoms with Crippen molar-refractivity contribution in [1.29, 1.82) is 0 Å². The largest absolute Gasteiger partial charge is 0.480 e. The molecule has 0 saturated carbocycles. The Hall–Kier alpha value is -4.67. The summed E-state index contributed by atoms with van der Waals surface area (Å²) < 4.78 is 0. The van der Waals surface area contributed by atoms with Crippen molar-refractivity contribution in [1.82, 2.24) is 14.9 Å². The molecule has 11 heteroatoms. The number of hydrazine groups is 1. The van der Waals surface area contributed by atoms with Crippen molar-refractivity contribution < 1.29 is 34.2 Å². The summed E-state index contributed by atoms with van der Waals surface area (Å²) in [6.45, 7) is -0.0567. The number of hydrogen-bond acceptors (Lipinski definition) is 6. The number of imide groups is 1. The number of aliphatic carboxylic acids is 1. The van der Waals surface area contributed by atoms with E-state index < -0.39 is 24.0 Å². The van der Waals surface area contributed by atoms with Gasteiger partial charge in [0.25, 0.3) is 11.8 Å². The first-order valence-electron chi connectivity index (χ1n) is 12.1. The highest BCUT2D eigenvalue weighted by Crippen LogP contribution is 2.19. The SMILES string of the molecule is Nc1ccc(CN(C(=O)O)N(C(=O)CCCCCN2C(=O)C=CC2=O)[C@@H](Cc2ccccc2)C(=O)O)cc1. The molecule has 1 atom stereocenters. The average molecular weight is 523 g/mol. The Morgan fingerprint density at radius 3 is 2.05 bits per heavy atom. The minimum absolute atomic E-state index is 0.0976. The quantitative estimate of drug-likeness (QED) is 0.166. The van der Waals surface area contributed by atoms with Gasteiger partial charge in [-0.3, -0.25) is 19.3 Å². The summed E-state index contributed by atoms with van der Waals surface area (Å²) in [5, 5.41) is 21.6. The molecule has 0 saturated heterocycles. The van der Waals surface area contributed by atoms with Crippen molar-refractivity contribution in [3.8, 4) is 0 Å². The van der Waals surface area contributed by atoms with Crippen molar-refractivity contribution in [3.05, 3.63) is 77.9 Å². The second-order valence-electron chi connectivity index (χ2n) is 8.84. The zero-order valence-electron chi connectivity index (χ0n) is 20.7. The van der Waals surface area contributed by atoms with Crippen LogP contribution in [0.15, 0.2) is 66.7 Å². The molecule has 3 rings (SSSR count). The Balaban J connectivity index is 1.77. The number of carbonyl (C=O) groups is 5. The summed E-state index contributed by atoms with van der Waals surface area (Å²) in [5.74, 6) is -2.78. The van der Waals surface area contributed by atoms with Gasteiger partial charge in [-0.25, -0.2) is 19.6 Å². The van der Waals surface area contributed by atoms with E-state index in [1.54, 1.807) is 54.6 Å². The lowest BCUT2D eigenvalue weighted by atomic mass is 10.0. The van der Waals surface area contributed by atoms with Crippen LogP contribution in [0.4, 0.5) is 10.5 Å². The van der Waals surface area contributed by atoms with Crippen LogP contribution in [0.5, 0.6) is 0 Å². The topological polar surface area (TPSA) is 162 Å². The molecule has 1 aliphatic heterocycles. The number of benzene rings is 2. The van der Waals surface area contributed by atoms with Gasteiger partial charge >= 0.3 is 12.1 Å². The van der Waals surface area contributed by atoms with Crippen LogP contribution >= 0.6 is 0 Å². The summed E-state index contributed by atoms with van der Waals surface area (Å²) in [5.41, 5.74) is 7.35. The molecular weight excluding hydrogens is 492 g/mol. The predicted molar refractivity (Wildman–Crippen MR) is 137 cm³/mol. The number of nitrogens with two attached hydrogens (primary N) is 1. The minimum Gasteiger partial charge on any atom is -0.480 e. The molecule has 1 aliphatic rings. The average Bonchev–Trinajstić information content (AvgIpc) is 3.21. The van der Waals surface area contributed by atoms with E-state index in [0.717, 1.165) is 14.9 Å². The summed E-state index contributed by atoms with van der Waals surface area (Å²) in [4.78, 5) is 62.5. The van der Waals surface area contributed by atoms with Crippen LogP contribution < -0.4 is 5.73 Å². The Morgan fingerprint density at radius 2 is 1.47 bits per heavy atom. The number of hydrogen-bond donors (Lipinski definition) is 3. The lowest BCUT2D eigenvalue weighted by Gasteiger charge is -2.37. The molecule has 38 heavy (non-hydrogen) atoms. The van der Waals surface area contributed by atoms with E-state index in [2.05, 4.69) is 0 Å². The zero-order valence-corrected chi connectivity index (χ0v) is 20.7. The van der Waals surface area contributed by atoms with Crippen molar-refractivity contribution >= 4 is 35.5 Å². The highest BCUT2D eigenvalue weighted by molar-refractivity contribution is 6.12. The number of carboxylic acids is 1.